The number of hydrogen-bond acceptors (Lipinski definition) is 3. The topological polar surface area (TPSA) is 52.3 Å². The van der Waals surface area contributed by atoms with E-state index in [4.69, 9.17) is 22.1 Å². The fourth-order valence-corrected chi connectivity index (χ4v) is 1.19. The predicted molar refractivity (Wildman–Crippen MR) is 56.7 cm³/mol. The summed E-state index contributed by atoms with van der Waals surface area (Å²) in [4.78, 5) is 11.4. The first-order valence-corrected chi connectivity index (χ1v) is 4.81. The van der Waals surface area contributed by atoms with Crippen molar-refractivity contribution in [2.24, 2.45) is 0 Å². The summed E-state index contributed by atoms with van der Waals surface area (Å²) in [6, 6.07) is 4.53. The molecule has 0 aromatic heterocycles. The fraction of sp³-hybridized carbons (Fsp3) is 0.300. The van der Waals surface area contributed by atoms with Gasteiger partial charge in [-0.3, -0.25) is 4.39 Å². The average Bonchev–Trinajstić information content (AvgIpc) is 2.22. The van der Waals surface area contributed by atoms with Gasteiger partial charge in [0.15, 0.2) is 0 Å². The number of esters is 1. The van der Waals surface area contributed by atoms with Crippen LogP contribution in [0.2, 0.25) is 5.02 Å². The quantitative estimate of drug-likeness (QED) is 0.492. The summed E-state index contributed by atoms with van der Waals surface area (Å²) < 4.78 is 16.5. The van der Waals surface area contributed by atoms with Crippen LogP contribution in [0.1, 0.15) is 16.8 Å². The third-order valence-corrected chi connectivity index (χ3v) is 2.05. The molecule has 1 aromatic rings. The molecule has 15 heavy (non-hydrogen) atoms. The summed E-state index contributed by atoms with van der Waals surface area (Å²) in [5, 5.41) is 0.273. The Morgan fingerprint density at radius 3 is 2.93 bits per heavy atom. The van der Waals surface area contributed by atoms with E-state index < -0.39 is 12.6 Å². The Morgan fingerprint density at radius 1 is 1.53 bits per heavy atom. The molecule has 3 nitrogen and oxygen atoms in total. The van der Waals surface area contributed by atoms with E-state index in [9.17, 15) is 9.18 Å². The first-order valence-electron chi connectivity index (χ1n) is 4.43. The van der Waals surface area contributed by atoms with Gasteiger partial charge in [0.05, 0.1) is 23.9 Å². The van der Waals surface area contributed by atoms with E-state index in [2.05, 4.69) is 0 Å². The van der Waals surface area contributed by atoms with Crippen LogP contribution in [0.3, 0.4) is 0 Å². The minimum Gasteiger partial charge on any atom is -0.462 e. The van der Waals surface area contributed by atoms with Crippen LogP contribution in [-0.2, 0) is 4.74 Å². The third-order valence-electron chi connectivity index (χ3n) is 1.72. The van der Waals surface area contributed by atoms with Gasteiger partial charge in [0.2, 0.25) is 0 Å². The van der Waals surface area contributed by atoms with Gasteiger partial charge in [-0.05, 0) is 18.2 Å². The minimum atomic E-state index is -0.583. The van der Waals surface area contributed by atoms with Crippen LogP contribution in [0.15, 0.2) is 18.2 Å². The normalized spacial score (nSPS) is 10.0. The SMILES string of the molecule is Nc1ccc(Cl)c(C(=O)OCCCF)c1. The van der Waals surface area contributed by atoms with Crippen molar-refractivity contribution in [1.82, 2.24) is 0 Å². The molecular weight excluding hydrogens is 221 g/mol. The highest BCUT2D eigenvalue weighted by Crippen LogP contribution is 2.19. The van der Waals surface area contributed by atoms with Gasteiger partial charge in [-0.2, -0.15) is 0 Å². The zero-order valence-electron chi connectivity index (χ0n) is 8.00. The Labute approximate surface area is 92.0 Å². The van der Waals surface area contributed by atoms with Crippen molar-refractivity contribution < 1.29 is 13.9 Å². The van der Waals surface area contributed by atoms with E-state index in [1.54, 1.807) is 6.07 Å². The molecule has 0 aliphatic carbocycles. The lowest BCUT2D eigenvalue weighted by atomic mass is 10.2. The van der Waals surface area contributed by atoms with Gasteiger partial charge < -0.3 is 10.5 Å². The molecule has 0 heterocycles. The number of ether oxygens (including phenoxy) is 1. The monoisotopic (exact) mass is 231 g/mol. The number of halogens is 2. The zero-order valence-corrected chi connectivity index (χ0v) is 8.76. The van der Waals surface area contributed by atoms with Crippen molar-refractivity contribution in [2.75, 3.05) is 19.0 Å². The van der Waals surface area contributed by atoms with Crippen molar-refractivity contribution in [1.29, 1.82) is 0 Å². The first kappa shape index (κ1) is 11.8. The maximum atomic E-state index is 11.8. The Morgan fingerprint density at radius 2 is 2.27 bits per heavy atom. The number of nitrogen functional groups attached to an aromatic ring is 1. The molecule has 1 aromatic carbocycles. The summed E-state index contributed by atoms with van der Waals surface area (Å²) in [6.07, 6.45) is 0.186. The molecule has 0 aliphatic heterocycles. The molecule has 0 fully saturated rings. The summed E-state index contributed by atoms with van der Waals surface area (Å²) in [7, 11) is 0. The van der Waals surface area contributed by atoms with Gasteiger partial charge in [0.25, 0.3) is 0 Å². The molecule has 1 rings (SSSR count). The molecule has 0 spiro atoms. The van der Waals surface area contributed by atoms with E-state index in [1.807, 2.05) is 0 Å². The van der Waals surface area contributed by atoms with Crippen LogP contribution >= 0.6 is 11.6 Å². The van der Waals surface area contributed by atoms with E-state index >= 15 is 0 Å². The molecule has 0 bridgehead atoms. The van der Waals surface area contributed by atoms with E-state index in [1.165, 1.54) is 12.1 Å². The maximum absolute atomic E-state index is 11.8. The molecule has 0 radical (unpaired) electrons. The average molecular weight is 232 g/mol. The second-order valence-electron chi connectivity index (χ2n) is 2.92. The smallest absolute Gasteiger partial charge is 0.339 e. The number of hydrogen-bond donors (Lipinski definition) is 1. The Kier molecular flexibility index (Phi) is 4.37. The molecule has 0 aliphatic rings. The molecule has 0 saturated carbocycles. The number of carbonyl (C=O) groups is 1. The van der Waals surface area contributed by atoms with Gasteiger partial charge in [-0.15, -0.1) is 0 Å². The highest BCUT2D eigenvalue weighted by molar-refractivity contribution is 6.33. The van der Waals surface area contributed by atoms with Crippen LogP contribution in [-0.4, -0.2) is 19.3 Å². The second-order valence-corrected chi connectivity index (χ2v) is 3.32. The Balaban J connectivity index is 2.68. The Hall–Kier alpha value is -1.29. The van der Waals surface area contributed by atoms with E-state index in [-0.39, 0.29) is 23.6 Å². The van der Waals surface area contributed by atoms with Crippen LogP contribution in [0.25, 0.3) is 0 Å². The fourth-order valence-electron chi connectivity index (χ4n) is 0.996. The minimum absolute atomic E-state index is 0.0421. The van der Waals surface area contributed by atoms with Crippen LogP contribution in [0.4, 0.5) is 10.1 Å². The van der Waals surface area contributed by atoms with Gasteiger partial charge in [-0.25, -0.2) is 4.79 Å². The van der Waals surface area contributed by atoms with Gasteiger partial charge >= 0.3 is 5.97 Å². The lowest BCUT2D eigenvalue weighted by molar-refractivity contribution is 0.0494. The largest absolute Gasteiger partial charge is 0.462 e. The van der Waals surface area contributed by atoms with Crippen molar-refractivity contribution in [2.45, 2.75) is 6.42 Å². The third kappa shape index (κ3) is 3.40. The first-order chi connectivity index (χ1) is 7.15. The summed E-state index contributed by atoms with van der Waals surface area (Å²) in [5.41, 5.74) is 6.13. The van der Waals surface area contributed by atoms with Crippen LogP contribution < -0.4 is 5.73 Å². The number of alkyl halides is 1. The van der Waals surface area contributed by atoms with Crippen molar-refractivity contribution in [3.8, 4) is 0 Å². The Bertz CT molecular complexity index is 357. The van der Waals surface area contributed by atoms with Crippen molar-refractivity contribution >= 4 is 23.3 Å². The van der Waals surface area contributed by atoms with E-state index in [0.717, 1.165) is 0 Å². The lowest BCUT2D eigenvalue weighted by Crippen LogP contribution is -2.08. The van der Waals surface area contributed by atoms with Crippen molar-refractivity contribution in [3.05, 3.63) is 28.8 Å². The lowest BCUT2D eigenvalue weighted by Gasteiger charge is -2.05. The number of benzene rings is 1. The number of nitrogens with two attached hydrogens (primary N) is 1. The molecule has 5 heteroatoms. The van der Waals surface area contributed by atoms with Gasteiger partial charge in [0, 0.05) is 12.1 Å². The van der Waals surface area contributed by atoms with E-state index in [0.29, 0.717) is 5.69 Å². The zero-order chi connectivity index (χ0) is 11.3. The standard InChI is InChI=1S/C10H11ClFNO2/c11-9-3-2-7(13)6-8(9)10(14)15-5-1-4-12/h2-3,6H,1,4-5,13H2. The second kappa shape index (κ2) is 5.56. The number of carbonyl (C=O) groups excluding carboxylic acids is 1. The molecule has 0 saturated heterocycles. The highest BCUT2D eigenvalue weighted by Gasteiger charge is 2.11. The summed E-state index contributed by atoms with van der Waals surface area (Å²) in [6.45, 7) is -0.474. The van der Waals surface area contributed by atoms with Crippen LogP contribution in [0.5, 0.6) is 0 Å². The highest BCUT2D eigenvalue weighted by atomic mass is 35.5. The molecule has 2 N–H and O–H groups in total. The maximum Gasteiger partial charge on any atom is 0.339 e. The number of anilines is 1. The van der Waals surface area contributed by atoms with Crippen molar-refractivity contribution in [3.63, 3.8) is 0 Å². The molecule has 0 unspecified atom stereocenters. The summed E-state index contributed by atoms with van der Waals surface area (Å²) >= 11 is 5.77. The van der Waals surface area contributed by atoms with Gasteiger partial charge in [-0.1, -0.05) is 11.6 Å². The number of rotatable bonds is 4. The predicted octanol–water partition coefficient (Wildman–Crippen LogP) is 2.44. The molecular formula is C10H11ClFNO2. The molecule has 0 amide bonds. The molecule has 0 atom stereocenters. The van der Waals surface area contributed by atoms with Crippen LogP contribution in [0, 0.1) is 0 Å². The molecule has 82 valence electrons. The summed E-state index contributed by atoms with van der Waals surface area (Å²) in [5.74, 6) is -0.583. The van der Waals surface area contributed by atoms with Gasteiger partial charge in [0.1, 0.15) is 0 Å².